The van der Waals surface area contributed by atoms with E-state index in [2.05, 4.69) is 4.74 Å². The first-order chi connectivity index (χ1) is 9.84. The predicted molar refractivity (Wildman–Crippen MR) is 71.6 cm³/mol. The molecule has 0 saturated carbocycles. The summed E-state index contributed by atoms with van der Waals surface area (Å²) in [7, 11) is 1.17. The Balaban J connectivity index is 2.41. The molecule has 0 spiro atoms. The molecule has 0 saturated heterocycles. The number of carbonyl (C=O) groups excluding carboxylic acids is 2. The highest BCUT2D eigenvalue weighted by Crippen LogP contribution is 2.38. The van der Waals surface area contributed by atoms with Gasteiger partial charge in [-0.25, -0.2) is 4.79 Å². The van der Waals surface area contributed by atoms with E-state index in [0.29, 0.717) is 18.4 Å². The summed E-state index contributed by atoms with van der Waals surface area (Å²) in [5.74, 6) is -2.80. The zero-order valence-corrected chi connectivity index (χ0v) is 12.1. The summed E-state index contributed by atoms with van der Waals surface area (Å²) >= 11 is 1.03. The van der Waals surface area contributed by atoms with Crippen LogP contribution in [0.15, 0.2) is 0 Å². The summed E-state index contributed by atoms with van der Waals surface area (Å²) in [5.41, 5.74) is 0.777. The topological polar surface area (TPSA) is 55.4 Å². The molecule has 1 aromatic rings. The lowest BCUT2D eigenvalue weighted by atomic mass is 10.1. The minimum atomic E-state index is -4.99. The zero-order valence-electron chi connectivity index (χ0n) is 11.3. The van der Waals surface area contributed by atoms with E-state index in [9.17, 15) is 22.8 Å². The van der Waals surface area contributed by atoms with Gasteiger partial charge in [-0.1, -0.05) is 6.42 Å². The normalized spacial score (nSPS) is 15.0. The van der Waals surface area contributed by atoms with Crippen molar-refractivity contribution in [1.82, 2.24) is 0 Å². The highest BCUT2D eigenvalue weighted by Gasteiger charge is 2.40. The number of methoxy groups -OCH3 is 1. The van der Waals surface area contributed by atoms with Gasteiger partial charge in [0, 0.05) is 4.88 Å². The Bertz CT molecular complexity index is 566. The van der Waals surface area contributed by atoms with Crippen molar-refractivity contribution >= 4 is 28.2 Å². The second-order valence-electron chi connectivity index (χ2n) is 4.71. The van der Waals surface area contributed by atoms with Crippen molar-refractivity contribution in [3.63, 3.8) is 0 Å². The van der Waals surface area contributed by atoms with Crippen LogP contribution in [0, 0.1) is 0 Å². The molecule has 1 amide bonds. The molecule has 0 aliphatic heterocycles. The van der Waals surface area contributed by atoms with Gasteiger partial charge in [0.2, 0.25) is 0 Å². The van der Waals surface area contributed by atoms with Gasteiger partial charge in [0.25, 0.3) is 0 Å². The van der Waals surface area contributed by atoms with E-state index in [1.54, 1.807) is 5.32 Å². The molecule has 0 atom stereocenters. The van der Waals surface area contributed by atoms with Crippen molar-refractivity contribution in [3.05, 3.63) is 16.0 Å². The lowest BCUT2D eigenvalue weighted by molar-refractivity contribution is -0.167. The number of esters is 1. The fourth-order valence-corrected chi connectivity index (χ4v) is 3.60. The van der Waals surface area contributed by atoms with Crippen LogP contribution in [0.25, 0.3) is 0 Å². The number of thiophene rings is 1. The lowest BCUT2D eigenvalue weighted by Crippen LogP contribution is -2.30. The molecule has 0 bridgehead atoms. The van der Waals surface area contributed by atoms with Crippen molar-refractivity contribution in [2.24, 2.45) is 0 Å². The Morgan fingerprint density at radius 2 is 1.86 bits per heavy atom. The second-order valence-corrected chi connectivity index (χ2v) is 5.82. The average Bonchev–Trinajstić information content (AvgIpc) is 2.59. The standard InChI is InChI=1S/C13H14F3NO3S/c1-20-11(18)9-7-5-3-2-4-6-8(7)21-10(9)17-12(19)13(14,15)16/h2-6H2,1H3,(H,17,19). The fourth-order valence-electron chi connectivity index (χ4n) is 2.32. The van der Waals surface area contributed by atoms with Crippen LogP contribution in [0.3, 0.4) is 0 Å². The summed E-state index contributed by atoms with van der Waals surface area (Å²) in [5, 5.41) is 1.72. The number of carbonyl (C=O) groups is 2. The smallest absolute Gasteiger partial charge is 0.465 e. The Labute approximate surface area is 123 Å². The van der Waals surface area contributed by atoms with Crippen molar-refractivity contribution in [1.29, 1.82) is 0 Å². The van der Waals surface area contributed by atoms with Crippen LogP contribution in [-0.4, -0.2) is 25.2 Å². The van der Waals surface area contributed by atoms with E-state index in [1.165, 1.54) is 7.11 Å². The van der Waals surface area contributed by atoms with Crippen LogP contribution in [0.1, 0.15) is 40.1 Å². The number of aryl methyl sites for hydroxylation is 1. The zero-order chi connectivity index (χ0) is 15.6. The molecule has 116 valence electrons. The van der Waals surface area contributed by atoms with Crippen LogP contribution < -0.4 is 5.32 Å². The van der Waals surface area contributed by atoms with Gasteiger partial charge in [0.05, 0.1) is 12.7 Å². The van der Waals surface area contributed by atoms with Gasteiger partial charge in [-0.2, -0.15) is 13.2 Å². The molecule has 21 heavy (non-hydrogen) atoms. The van der Waals surface area contributed by atoms with E-state index in [-0.39, 0.29) is 10.6 Å². The van der Waals surface area contributed by atoms with Gasteiger partial charge in [0.1, 0.15) is 5.00 Å². The van der Waals surface area contributed by atoms with Gasteiger partial charge in [-0.15, -0.1) is 11.3 Å². The van der Waals surface area contributed by atoms with Crippen LogP contribution in [0.4, 0.5) is 18.2 Å². The monoisotopic (exact) mass is 321 g/mol. The van der Waals surface area contributed by atoms with E-state index in [4.69, 9.17) is 0 Å². The maximum atomic E-state index is 12.4. The van der Waals surface area contributed by atoms with E-state index in [1.807, 2.05) is 0 Å². The average molecular weight is 321 g/mol. The number of nitrogens with one attached hydrogen (secondary N) is 1. The van der Waals surface area contributed by atoms with E-state index < -0.39 is 18.1 Å². The van der Waals surface area contributed by atoms with Crippen LogP contribution in [-0.2, 0) is 22.4 Å². The highest BCUT2D eigenvalue weighted by molar-refractivity contribution is 7.17. The molecule has 1 aliphatic carbocycles. The number of rotatable bonds is 2. The van der Waals surface area contributed by atoms with Crippen LogP contribution in [0.5, 0.6) is 0 Å². The quantitative estimate of drug-likeness (QED) is 0.672. The number of hydrogen-bond acceptors (Lipinski definition) is 4. The maximum Gasteiger partial charge on any atom is 0.471 e. The number of amides is 1. The summed E-state index contributed by atoms with van der Waals surface area (Å²) in [6, 6.07) is 0. The molecule has 0 aromatic carbocycles. The van der Waals surface area contributed by atoms with Gasteiger partial charge >= 0.3 is 18.1 Å². The lowest BCUT2D eigenvalue weighted by Gasteiger charge is -2.09. The Morgan fingerprint density at radius 3 is 2.48 bits per heavy atom. The van der Waals surface area contributed by atoms with E-state index in [0.717, 1.165) is 35.5 Å². The SMILES string of the molecule is COC(=O)c1c(NC(=O)C(F)(F)F)sc2c1CCCCC2. The van der Waals surface area contributed by atoms with Gasteiger partial charge in [0.15, 0.2) is 0 Å². The number of alkyl halides is 3. The number of anilines is 1. The molecule has 0 radical (unpaired) electrons. The fraction of sp³-hybridized carbons (Fsp3) is 0.538. The molecule has 1 aromatic heterocycles. The first-order valence-corrected chi connectivity index (χ1v) is 7.27. The molecule has 0 unspecified atom stereocenters. The minimum Gasteiger partial charge on any atom is -0.465 e. The second kappa shape index (κ2) is 6.05. The van der Waals surface area contributed by atoms with E-state index >= 15 is 0 Å². The molecule has 8 heteroatoms. The number of ether oxygens (including phenoxy) is 1. The Kier molecular flexibility index (Phi) is 4.55. The van der Waals surface area contributed by atoms with Crippen molar-refractivity contribution in [2.75, 3.05) is 12.4 Å². The van der Waals surface area contributed by atoms with Crippen molar-refractivity contribution in [2.45, 2.75) is 38.3 Å². The first-order valence-electron chi connectivity index (χ1n) is 6.45. The molecule has 0 fully saturated rings. The Morgan fingerprint density at radius 1 is 1.19 bits per heavy atom. The van der Waals surface area contributed by atoms with Crippen LogP contribution >= 0.6 is 11.3 Å². The summed E-state index contributed by atoms with van der Waals surface area (Å²) in [6.45, 7) is 0. The van der Waals surface area contributed by atoms with Gasteiger partial charge < -0.3 is 10.1 Å². The molecule has 4 nitrogen and oxygen atoms in total. The molecule has 1 aliphatic rings. The maximum absolute atomic E-state index is 12.4. The molecular weight excluding hydrogens is 307 g/mol. The molecule has 2 rings (SSSR count). The highest BCUT2D eigenvalue weighted by atomic mass is 32.1. The third-order valence-corrected chi connectivity index (χ3v) is 4.50. The summed E-state index contributed by atoms with van der Waals surface area (Å²) in [6.07, 6.45) is -0.897. The Hall–Kier alpha value is -1.57. The molecule has 1 N–H and O–H groups in total. The first kappa shape index (κ1) is 15.8. The molecule has 1 heterocycles. The third-order valence-electron chi connectivity index (χ3n) is 3.30. The van der Waals surface area contributed by atoms with Crippen LogP contribution in [0.2, 0.25) is 0 Å². The van der Waals surface area contributed by atoms with Gasteiger partial charge in [-0.05, 0) is 31.2 Å². The van der Waals surface area contributed by atoms with Crippen molar-refractivity contribution < 1.29 is 27.5 Å². The summed E-state index contributed by atoms with van der Waals surface area (Å²) < 4.78 is 41.8. The van der Waals surface area contributed by atoms with Gasteiger partial charge in [-0.3, -0.25) is 4.79 Å². The largest absolute Gasteiger partial charge is 0.471 e. The number of fused-ring (bicyclic) bond motifs is 1. The predicted octanol–water partition coefficient (Wildman–Crippen LogP) is 3.30. The number of hydrogen-bond donors (Lipinski definition) is 1. The molecular formula is C13H14F3NO3S. The third kappa shape index (κ3) is 3.37. The summed E-state index contributed by atoms with van der Waals surface area (Å²) in [4.78, 5) is 23.8. The minimum absolute atomic E-state index is 0.0667. The van der Waals surface area contributed by atoms with Crippen molar-refractivity contribution in [3.8, 4) is 0 Å². The number of halogens is 3.